The summed E-state index contributed by atoms with van der Waals surface area (Å²) in [7, 11) is 0. The molecule has 4 fully saturated rings. The molecule has 1 aliphatic carbocycles. The van der Waals surface area contributed by atoms with Gasteiger partial charge in [-0.05, 0) is 70.5 Å². The minimum Gasteiger partial charge on any atom is -0.356 e. The van der Waals surface area contributed by atoms with Crippen LogP contribution < -0.4 is 0 Å². The summed E-state index contributed by atoms with van der Waals surface area (Å²) in [4.78, 5) is 6.70. The van der Waals surface area contributed by atoms with Gasteiger partial charge in [0.15, 0.2) is 0 Å². The van der Waals surface area contributed by atoms with E-state index < -0.39 is 12.3 Å². The van der Waals surface area contributed by atoms with E-state index in [2.05, 4.69) is 9.80 Å². The molecular formula is C20H35F2N3O2. The molecule has 5 nitrogen and oxygen atoms in total. The molecule has 1 saturated carbocycles. The van der Waals surface area contributed by atoms with Crippen LogP contribution in [0.25, 0.3) is 0 Å². The van der Waals surface area contributed by atoms with Gasteiger partial charge in [-0.1, -0.05) is 0 Å². The van der Waals surface area contributed by atoms with Crippen LogP contribution >= 0.6 is 0 Å². The van der Waals surface area contributed by atoms with E-state index >= 15 is 0 Å². The van der Waals surface area contributed by atoms with Gasteiger partial charge in [0.2, 0.25) is 6.41 Å². The summed E-state index contributed by atoms with van der Waals surface area (Å²) >= 11 is 0. The highest BCUT2D eigenvalue weighted by Gasteiger charge is 2.51. The number of rotatable bonds is 5. The van der Waals surface area contributed by atoms with Crippen LogP contribution in [0.4, 0.5) is 8.78 Å². The Balaban J connectivity index is 1.21. The summed E-state index contributed by atoms with van der Waals surface area (Å²) in [6.45, 7) is 7.17. The first kappa shape index (κ1) is 20.0. The Hall–Kier alpha value is -0.340. The topological polar surface area (TPSA) is 39.2 Å². The van der Waals surface area contributed by atoms with Crippen molar-refractivity contribution in [1.29, 1.82) is 0 Å². The minimum atomic E-state index is -2.49. The number of aliphatic hydroxyl groups excluding tert-OH is 1. The highest BCUT2D eigenvalue weighted by molar-refractivity contribution is 5.04. The Morgan fingerprint density at radius 1 is 1.00 bits per heavy atom. The van der Waals surface area contributed by atoms with Gasteiger partial charge in [-0.2, -0.15) is 0 Å². The maximum absolute atomic E-state index is 13.7. The monoisotopic (exact) mass is 387 g/mol. The van der Waals surface area contributed by atoms with E-state index in [4.69, 9.17) is 4.74 Å². The van der Waals surface area contributed by atoms with Crippen LogP contribution in [-0.2, 0) is 4.74 Å². The lowest BCUT2D eigenvalue weighted by Gasteiger charge is -2.52. The van der Waals surface area contributed by atoms with Crippen molar-refractivity contribution < 1.29 is 18.6 Å². The molecule has 1 N–H and O–H groups in total. The summed E-state index contributed by atoms with van der Waals surface area (Å²) in [6.07, 6.45) is 5.52. The van der Waals surface area contributed by atoms with Gasteiger partial charge in [0, 0.05) is 38.2 Å². The molecule has 0 bridgehead atoms. The molecule has 27 heavy (non-hydrogen) atoms. The fourth-order valence-corrected chi connectivity index (χ4v) is 5.87. The molecule has 0 amide bonds. The number of nitrogens with zero attached hydrogens (tertiary/aromatic N) is 3. The quantitative estimate of drug-likeness (QED) is 0.734. The molecule has 3 saturated heterocycles. The summed E-state index contributed by atoms with van der Waals surface area (Å²) < 4.78 is 32.7. The number of ether oxygens (including phenoxy) is 1. The van der Waals surface area contributed by atoms with Crippen molar-refractivity contribution in [3.63, 3.8) is 0 Å². The first-order valence-electron chi connectivity index (χ1n) is 10.8. The van der Waals surface area contributed by atoms with Crippen LogP contribution in [0.15, 0.2) is 0 Å². The number of likely N-dealkylation sites (tertiary alicyclic amines) is 3. The molecule has 4 aliphatic rings. The lowest BCUT2D eigenvalue weighted by Crippen LogP contribution is -2.57. The Morgan fingerprint density at radius 2 is 1.74 bits per heavy atom. The van der Waals surface area contributed by atoms with Crippen molar-refractivity contribution in [1.82, 2.24) is 14.7 Å². The number of piperidine rings is 2. The zero-order chi connectivity index (χ0) is 19.1. The third kappa shape index (κ3) is 4.32. The minimum absolute atomic E-state index is 0.0395. The standard InChI is InChI=1S/C20H35F2N3O2/c1-2-27-18(26)25-11-7-19(14-25)12-17(13-19)23-9-4-16(5-10-23)24-8-3-6-20(21,22)15-24/h16-18,26H,2-15H2,1H3. The van der Waals surface area contributed by atoms with Crippen LogP contribution in [0.1, 0.15) is 51.9 Å². The second kappa shape index (κ2) is 7.82. The molecule has 0 radical (unpaired) electrons. The van der Waals surface area contributed by atoms with E-state index in [1.165, 1.54) is 12.8 Å². The van der Waals surface area contributed by atoms with Crippen LogP contribution in [0.2, 0.25) is 0 Å². The van der Waals surface area contributed by atoms with Crippen molar-refractivity contribution in [3.8, 4) is 0 Å². The number of hydrogen-bond donors (Lipinski definition) is 1. The number of alkyl halides is 2. The van der Waals surface area contributed by atoms with Gasteiger partial charge < -0.3 is 14.7 Å². The van der Waals surface area contributed by atoms with Crippen LogP contribution in [0, 0.1) is 5.41 Å². The Labute approximate surface area is 161 Å². The summed E-state index contributed by atoms with van der Waals surface area (Å²) in [5.74, 6) is -2.49. The molecule has 0 aromatic heterocycles. The lowest BCUT2D eigenvalue weighted by molar-refractivity contribution is -0.188. The number of aliphatic hydroxyl groups is 1. The molecule has 156 valence electrons. The predicted octanol–water partition coefficient (Wildman–Crippen LogP) is 2.35. The molecule has 3 aliphatic heterocycles. The van der Waals surface area contributed by atoms with E-state index in [1.54, 1.807) is 0 Å². The van der Waals surface area contributed by atoms with Gasteiger partial charge in [-0.25, -0.2) is 8.78 Å². The Bertz CT molecular complexity index is 507. The molecule has 1 spiro atoms. The third-order valence-electron chi connectivity index (χ3n) is 7.39. The molecule has 1 atom stereocenters. The van der Waals surface area contributed by atoms with Crippen molar-refractivity contribution in [2.75, 3.05) is 45.9 Å². The average Bonchev–Trinajstić information content (AvgIpc) is 3.06. The normalized spacial score (nSPS) is 37.6. The van der Waals surface area contributed by atoms with Crippen LogP contribution in [0.5, 0.6) is 0 Å². The summed E-state index contributed by atoms with van der Waals surface area (Å²) in [6, 6.07) is 0.975. The number of hydrogen-bond acceptors (Lipinski definition) is 5. The van der Waals surface area contributed by atoms with Gasteiger partial charge in [-0.3, -0.25) is 9.80 Å². The van der Waals surface area contributed by atoms with Gasteiger partial charge in [0.1, 0.15) is 0 Å². The van der Waals surface area contributed by atoms with Gasteiger partial charge >= 0.3 is 0 Å². The molecular weight excluding hydrogens is 352 g/mol. The smallest absolute Gasteiger partial charge is 0.260 e. The van der Waals surface area contributed by atoms with E-state index in [0.29, 0.717) is 30.5 Å². The molecule has 1 unspecified atom stereocenters. The number of halogens is 2. The maximum Gasteiger partial charge on any atom is 0.260 e. The van der Waals surface area contributed by atoms with Gasteiger partial charge in [0.25, 0.3) is 5.92 Å². The second-order valence-corrected chi connectivity index (χ2v) is 9.26. The maximum atomic E-state index is 13.7. The molecule has 0 aromatic rings. The lowest BCUT2D eigenvalue weighted by atomic mass is 9.64. The first-order chi connectivity index (χ1) is 12.9. The van der Waals surface area contributed by atoms with E-state index in [0.717, 1.165) is 52.0 Å². The zero-order valence-corrected chi connectivity index (χ0v) is 16.6. The highest BCUT2D eigenvalue weighted by atomic mass is 19.3. The highest BCUT2D eigenvalue weighted by Crippen LogP contribution is 2.51. The van der Waals surface area contributed by atoms with E-state index in [9.17, 15) is 13.9 Å². The zero-order valence-electron chi connectivity index (χ0n) is 16.6. The SMILES string of the molecule is CCOC(O)N1CCC2(CC(N3CCC(N4CCCC(F)(F)C4)CC3)C2)C1. The fourth-order valence-electron chi connectivity index (χ4n) is 5.87. The van der Waals surface area contributed by atoms with Crippen LogP contribution in [0.3, 0.4) is 0 Å². The molecule has 0 aromatic carbocycles. The summed E-state index contributed by atoms with van der Waals surface area (Å²) in [5.41, 5.74) is 0.356. The van der Waals surface area contributed by atoms with Crippen molar-refractivity contribution >= 4 is 0 Å². The largest absolute Gasteiger partial charge is 0.356 e. The fraction of sp³-hybridized carbons (Fsp3) is 1.00. The Morgan fingerprint density at radius 3 is 2.41 bits per heavy atom. The molecule has 7 heteroatoms. The van der Waals surface area contributed by atoms with Gasteiger partial charge in [0.05, 0.1) is 6.54 Å². The Kier molecular flexibility index (Phi) is 5.78. The predicted molar refractivity (Wildman–Crippen MR) is 99.6 cm³/mol. The first-order valence-corrected chi connectivity index (χ1v) is 10.8. The molecule has 3 heterocycles. The van der Waals surface area contributed by atoms with E-state index in [1.807, 2.05) is 11.8 Å². The van der Waals surface area contributed by atoms with Crippen molar-refractivity contribution in [2.45, 2.75) is 76.3 Å². The molecule has 4 rings (SSSR count). The van der Waals surface area contributed by atoms with Crippen molar-refractivity contribution in [3.05, 3.63) is 0 Å². The second-order valence-electron chi connectivity index (χ2n) is 9.26. The average molecular weight is 388 g/mol. The van der Waals surface area contributed by atoms with E-state index in [-0.39, 0.29) is 13.0 Å². The van der Waals surface area contributed by atoms with Gasteiger partial charge in [-0.15, -0.1) is 0 Å². The van der Waals surface area contributed by atoms with Crippen LogP contribution in [-0.4, -0.2) is 90.1 Å². The summed E-state index contributed by atoms with van der Waals surface area (Å²) in [5, 5.41) is 10.0. The third-order valence-corrected chi connectivity index (χ3v) is 7.39. The van der Waals surface area contributed by atoms with Crippen molar-refractivity contribution in [2.24, 2.45) is 5.41 Å².